The summed E-state index contributed by atoms with van der Waals surface area (Å²) in [5.41, 5.74) is 7.25. The normalized spacial score (nSPS) is 20.0. The van der Waals surface area contributed by atoms with Crippen LogP contribution in [0.3, 0.4) is 0 Å². The summed E-state index contributed by atoms with van der Waals surface area (Å²) in [5.74, 6) is 0.928. The SMILES string of the molecule is CCC(C)C(C(=O)N1CC(N)(C(C)C)C1)c1ccccc1. The molecule has 2 N–H and O–H groups in total. The minimum Gasteiger partial charge on any atom is -0.338 e. The first-order chi connectivity index (χ1) is 9.89. The van der Waals surface area contributed by atoms with Crippen LogP contribution in [0.1, 0.15) is 45.6 Å². The van der Waals surface area contributed by atoms with E-state index >= 15 is 0 Å². The Bertz CT molecular complexity index is 477. The van der Waals surface area contributed by atoms with E-state index in [9.17, 15) is 4.79 Å². The van der Waals surface area contributed by atoms with Gasteiger partial charge in [-0.15, -0.1) is 0 Å². The lowest BCUT2D eigenvalue weighted by molar-refractivity contribution is -0.143. The highest BCUT2D eigenvalue weighted by Gasteiger charge is 2.46. The molecule has 2 atom stereocenters. The molecule has 1 heterocycles. The summed E-state index contributed by atoms with van der Waals surface area (Å²) in [6.07, 6.45) is 0.997. The fourth-order valence-corrected chi connectivity index (χ4v) is 2.99. The quantitative estimate of drug-likeness (QED) is 0.905. The fourth-order valence-electron chi connectivity index (χ4n) is 2.99. The minimum absolute atomic E-state index is 0.0482. The molecule has 1 saturated heterocycles. The van der Waals surface area contributed by atoms with Crippen LogP contribution in [0.15, 0.2) is 30.3 Å². The Morgan fingerprint density at radius 2 is 1.81 bits per heavy atom. The number of hydrogen-bond acceptors (Lipinski definition) is 2. The summed E-state index contributed by atoms with van der Waals surface area (Å²) in [6, 6.07) is 10.1. The zero-order valence-electron chi connectivity index (χ0n) is 13.7. The van der Waals surface area contributed by atoms with Gasteiger partial charge >= 0.3 is 0 Å². The number of benzene rings is 1. The monoisotopic (exact) mass is 288 g/mol. The molecule has 0 saturated carbocycles. The summed E-state index contributed by atoms with van der Waals surface area (Å²) < 4.78 is 0. The Kier molecular flexibility index (Phi) is 4.72. The van der Waals surface area contributed by atoms with E-state index in [1.54, 1.807) is 0 Å². The van der Waals surface area contributed by atoms with Crippen molar-refractivity contribution in [3.05, 3.63) is 35.9 Å². The smallest absolute Gasteiger partial charge is 0.230 e. The molecule has 3 nitrogen and oxygen atoms in total. The minimum atomic E-state index is -0.202. The molecule has 21 heavy (non-hydrogen) atoms. The standard InChI is InChI=1S/C18H28N2O/c1-5-14(4)16(15-9-7-6-8-10-15)17(21)20-11-18(19,12-20)13(2)3/h6-10,13-14,16H,5,11-12,19H2,1-4H3. The summed E-state index contributed by atoms with van der Waals surface area (Å²) in [5, 5.41) is 0. The van der Waals surface area contributed by atoms with Gasteiger partial charge in [-0.3, -0.25) is 4.79 Å². The summed E-state index contributed by atoms with van der Waals surface area (Å²) >= 11 is 0. The van der Waals surface area contributed by atoms with Gasteiger partial charge in [-0.05, 0) is 17.4 Å². The Morgan fingerprint density at radius 1 is 1.24 bits per heavy atom. The van der Waals surface area contributed by atoms with E-state index in [1.165, 1.54) is 0 Å². The third-order valence-electron chi connectivity index (χ3n) is 5.07. The Labute approximate surface area is 128 Å². The van der Waals surface area contributed by atoms with Gasteiger partial charge in [0, 0.05) is 13.1 Å². The predicted molar refractivity (Wildman–Crippen MR) is 87.0 cm³/mol. The van der Waals surface area contributed by atoms with Crippen molar-refractivity contribution in [2.45, 2.75) is 45.6 Å². The van der Waals surface area contributed by atoms with Gasteiger partial charge in [0.2, 0.25) is 5.91 Å². The van der Waals surface area contributed by atoms with Gasteiger partial charge in [-0.1, -0.05) is 64.4 Å². The molecule has 1 aliphatic rings. The zero-order chi connectivity index (χ0) is 15.6. The van der Waals surface area contributed by atoms with Gasteiger partial charge in [0.1, 0.15) is 0 Å². The molecule has 0 aromatic heterocycles. The van der Waals surface area contributed by atoms with E-state index < -0.39 is 0 Å². The maximum atomic E-state index is 12.9. The lowest BCUT2D eigenvalue weighted by Crippen LogP contribution is -2.71. The zero-order valence-corrected chi connectivity index (χ0v) is 13.7. The van der Waals surface area contributed by atoms with Crippen molar-refractivity contribution in [2.24, 2.45) is 17.6 Å². The van der Waals surface area contributed by atoms with Gasteiger partial charge in [0.15, 0.2) is 0 Å². The highest BCUT2D eigenvalue weighted by molar-refractivity contribution is 5.85. The molecule has 0 spiro atoms. The number of carbonyl (C=O) groups excluding carboxylic acids is 1. The van der Waals surface area contributed by atoms with Crippen LogP contribution in [0.4, 0.5) is 0 Å². The number of rotatable bonds is 5. The third kappa shape index (κ3) is 3.13. The Balaban J connectivity index is 2.14. The largest absolute Gasteiger partial charge is 0.338 e. The molecule has 1 aromatic rings. The van der Waals surface area contributed by atoms with Crippen LogP contribution in [-0.2, 0) is 4.79 Å². The first-order valence-corrected chi connectivity index (χ1v) is 8.01. The molecule has 1 fully saturated rings. The highest BCUT2D eigenvalue weighted by Crippen LogP contribution is 2.34. The van der Waals surface area contributed by atoms with E-state index in [0.29, 0.717) is 24.9 Å². The molecule has 0 aliphatic carbocycles. The molecule has 1 amide bonds. The van der Waals surface area contributed by atoms with Crippen molar-refractivity contribution in [3.8, 4) is 0 Å². The van der Waals surface area contributed by atoms with Gasteiger partial charge < -0.3 is 10.6 Å². The average molecular weight is 288 g/mol. The van der Waals surface area contributed by atoms with Gasteiger partial charge in [0.25, 0.3) is 0 Å². The maximum Gasteiger partial charge on any atom is 0.230 e. The second kappa shape index (κ2) is 6.18. The molecule has 2 rings (SSSR count). The molecule has 1 aromatic carbocycles. The van der Waals surface area contributed by atoms with Crippen molar-refractivity contribution >= 4 is 5.91 Å². The molecule has 3 heteroatoms. The lowest BCUT2D eigenvalue weighted by Gasteiger charge is -2.51. The van der Waals surface area contributed by atoms with Crippen LogP contribution in [0.2, 0.25) is 0 Å². The van der Waals surface area contributed by atoms with Gasteiger partial charge in [-0.2, -0.15) is 0 Å². The van der Waals surface area contributed by atoms with Crippen LogP contribution in [-0.4, -0.2) is 29.4 Å². The first kappa shape index (κ1) is 16.0. The van der Waals surface area contributed by atoms with Crippen molar-refractivity contribution in [1.29, 1.82) is 0 Å². The molecule has 1 aliphatic heterocycles. The van der Waals surface area contributed by atoms with Crippen molar-refractivity contribution in [2.75, 3.05) is 13.1 Å². The van der Waals surface area contributed by atoms with Crippen molar-refractivity contribution < 1.29 is 4.79 Å². The Hall–Kier alpha value is -1.35. The molecule has 0 radical (unpaired) electrons. The van der Waals surface area contributed by atoms with Gasteiger partial charge in [-0.25, -0.2) is 0 Å². The van der Waals surface area contributed by atoms with E-state index in [1.807, 2.05) is 23.1 Å². The van der Waals surface area contributed by atoms with Crippen LogP contribution in [0.5, 0.6) is 0 Å². The number of nitrogens with zero attached hydrogens (tertiary/aromatic N) is 1. The first-order valence-electron chi connectivity index (χ1n) is 8.01. The number of carbonyl (C=O) groups is 1. The summed E-state index contributed by atoms with van der Waals surface area (Å²) in [4.78, 5) is 14.8. The van der Waals surface area contributed by atoms with E-state index in [4.69, 9.17) is 5.73 Å². The third-order valence-corrected chi connectivity index (χ3v) is 5.07. The van der Waals surface area contributed by atoms with E-state index in [2.05, 4.69) is 39.8 Å². The van der Waals surface area contributed by atoms with Crippen LogP contribution in [0, 0.1) is 11.8 Å². The number of likely N-dealkylation sites (tertiary alicyclic amines) is 1. The number of nitrogens with two attached hydrogens (primary N) is 1. The average Bonchev–Trinajstić information content (AvgIpc) is 2.44. The topological polar surface area (TPSA) is 46.3 Å². The highest BCUT2D eigenvalue weighted by atomic mass is 16.2. The second-order valence-corrected chi connectivity index (χ2v) is 6.86. The van der Waals surface area contributed by atoms with E-state index in [0.717, 1.165) is 12.0 Å². The molecule has 2 unspecified atom stereocenters. The fraction of sp³-hybridized carbons (Fsp3) is 0.611. The second-order valence-electron chi connectivity index (χ2n) is 6.86. The van der Waals surface area contributed by atoms with Crippen LogP contribution in [0.25, 0.3) is 0 Å². The van der Waals surface area contributed by atoms with Crippen molar-refractivity contribution in [1.82, 2.24) is 4.90 Å². The summed E-state index contributed by atoms with van der Waals surface area (Å²) in [7, 11) is 0. The summed E-state index contributed by atoms with van der Waals surface area (Å²) in [6.45, 7) is 9.93. The van der Waals surface area contributed by atoms with Crippen LogP contribution < -0.4 is 5.73 Å². The molecule has 0 bridgehead atoms. The number of amides is 1. The van der Waals surface area contributed by atoms with Gasteiger partial charge in [0.05, 0.1) is 11.5 Å². The Morgan fingerprint density at radius 3 is 2.29 bits per heavy atom. The molecule has 116 valence electrons. The molecular weight excluding hydrogens is 260 g/mol. The predicted octanol–water partition coefficient (Wildman–Crippen LogP) is 3.01. The van der Waals surface area contributed by atoms with Crippen molar-refractivity contribution in [3.63, 3.8) is 0 Å². The molecular formula is C18H28N2O. The maximum absolute atomic E-state index is 12.9. The lowest BCUT2D eigenvalue weighted by atomic mass is 9.77. The number of hydrogen-bond donors (Lipinski definition) is 1. The van der Waals surface area contributed by atoms with E-state index in [-0.39, 0.29) is 17.4 Å². The van der Waals surface area contributed by atoms with Crippen LogP contribution >= 0.6 is 0 Å².